The lowest BCUT2D eigenvalue weighted by atomic mass is 9.84. The van der Waals surface area contributed by atoms with Crippen LogP contribution in [-0.4, -0.2) is 14.8 Å². The first-order valence-corrected chi connectivity index (χ1v) is 8.68. The summed E-state index contributed by atoms with van der Waals surface area (Å²) in [5.74, 6) is -0.305. The summed E-state index contributed by atoms with van der Waals surface area (Å²) in [6.45, 7) is 4.58. The Labute approximate surface area is 150 Å². The molecule has 0 N–H and O–H groups in total. The van der Waals surface area contributed by atoms with E-state index in [1.807, 2.05) is 77.6 Å². The van der Waals surface area contributed by atoms with Crippen molar-refractivity contribution < 1.29 is 9.90 Å². The lowest BCUT2D eigenvalue weighted by Crippen LogP contribution is -2.39. The number of allylic oxidation sites excluding steroid dienone is 4. The maximum absolute atomic E-state index is 13.1. The van der Waals surface area contributed by atoms with E-state index in [0.29, 0.717) is 23.4 Å². The van der Waals surface area contributed by atoms with Crippen molar-refractivity contribution in [2.75, 3.05) is 0 Å². The van der Waals surface area contributed by atoms with Gasteiger partial charge in [0.2, 0.25) is 0 Å². The van der Waals surface area contributed by atoms with E-state index in [-0.39, 0.29) is 11.5 Å². The van der Waals surface area contributed by atoms with Gasteiger partial charge in [-0.05, 0) is 55.3 Å². The summed E-state index contributed by atoms with van der Waals surface area (Å²) in [7, 11) is 0. The topological polar surface area (TPSA) is 49.5 Å². The van der Waals surface area contributed by atoms with Gasteiger partial charge in [0.15, 0.2) is 5.78 Å². The van der Waals surface area contributed by atoms with Crippen molar-refractivity contribution in [3.05, 3.63) is 82.0 Å². The molecular formula is C22H17N2O2-. The van der Waals surface area contributed by atoms with Crippen molar-refractivity contribution in [2.45, 2.75) is 20.4 Å². The van der Waals surface area contributed by atoms with Crippen molar-refractivity contribution in [3.8, 4) is 0 Å². The lowest BCUT2D eigenvalue weighted by molar-refractivity contribution is -0.293. The standard InChI is InChI=1S/C22H18N2O2/c1-13-11-15-7-3-5-9-23(15)19(13)17-21(25)18(22(17)26)20-14(2)12-16-8-4-6-10-24(16)20/h3-9,11-12,25H,10H2,1-2H3/p-1/b20-18+. The number of nitrogens with zero attached hydrogens (tertiary/aromatic N) is 2. The van der Waals surface area contributed by atoms with Gasteiger partial charge < -0.3 is 14.1 Å². The van der Waals surface area contributed by atoms with Crippen molar-refractivity contribution >= 4 is 28.5 Å². The zero-order valence-electron chi connectivity index (χ0n) is 14.6. The summed E-state index contributed by atoms with van der Waals surface area (Å²) in [5, 5.41) is 14.8. The number of carbonyl (C=O) groups excluding carboxylic acids is 1. The second-order valence-corrected chi connectivity index (χ2v) is 6.89. The minimum atomic E-state index is -0.152. The van der Waals surface area contributed by atoms with Gasteiger partial charge in [0.25, 0.3) is 0 Å². The van der Waals surface area contributed by atoms with Crippen LogP contribution < -0.4 is 15.8 Å². The normalized spacial score (nSPS) is 18.2. The number of ketones is 1. The molecule has 0 atom stereocenters. The fraction of sp³-hybridized carbons (Fsp3) is 0.136. The van der Waals surface area contributed by atoms with E-state index < -0.39 is 0 Å². The summed E-state index contributed by atoms with van der Waals surface area (Å²) >= 11 is 0. The molecule has 0 aromatic carbocycles. The SMILES string of the molecule is Cc1cc2ccccn2c1C1=C([O-])/C(=c2/c(C)cc3n2CC=CC=3)C1=O. The van der Waals surface area contributed by atoms with Crippen molar-refractivity contribution in [2.24, 2.45) is 0 Å². The van der Waals surface area contributed by atoms with Crippen LogP contribution in [0.15, 0.2) is 54.4 Å². The minimum Gasteiger partial charge on any atom is -0.871 e. The zero-order chi connectivity index (χ0) is 18.0. The molecule has 2 aliphatic rings. The summed E-state index contributed by atoms with van der Waals surface area (Å²) < 4.78 is 3.97. The average molecular weight is 341 g/mol. The van der Waals surface area contributed by atoms with Crippen LogP contribution in [0.25, 0.3) is 22.7 Å². The lowest BCUT2D eigenvalue weighted by Gasteiger charge is -2.31. The number of aryl methyl sites for hydroxylation is 2. The van der Waals surface area contributed by atoms with E-state index in [1.165, 1.54) is 0 Å². The third-order valence-corrected chi connectivity index (χ3v) is 5.26. The Kier molecular flexibility index (Phi) is 2.95. The van der Waals surface area contributed by atoms with Crippen LogP contribution in [0.4, 0.5) is 0 Å². The first kappa shape index (κ1) is 15.0. The van der Waals surface area contributed by atoms with Crippen LogP contribution in [0.3, 0.4) is 0 Å². The van der Waals surface area contributed by atoms with Gasteiger partial charge in [0.05, 0.1) is 11.0 Å². The molecule has 4 heterocycles. The highest BCUT2D eigenvalue weighted by Gasteiger charge is 2.33. The van der Waals surface area contributed by atoms with Gasteiger partial charge in [0, 0.05) is 34.8 Å². The summed E-state index contributed by atoms with van der Waals surface area (Å²) in [4.78, 5) is 13.1. The first-order chi connectivity index (χ1) is 12.6. The number of fused-ring (bicyclic) bond motifs is 2. The molecule has 5 rings (SSSR count). The van der Waals surface area contributed by atoms with Gasteiger partial charge in [-0.1, -0.05) is 24.0 Å². The molecule has 1 aliphatic heterocycles. The third-order valence-electron chi connectivity index (χ3n) is 5.26. The van der Waals surface area contributed by atoms with E-state index in [9.17, 15) is 9.90 Å². The number of pyridine rings is 1. The summed E-state index contributed by atoms with van der Waals surface area (Å²) in [6, 6.07) is 9.87. The Balaban J connectivity index is 1.81. The number of rotatable bonds is 1. The van der Waals surface area contributed by atoms with Gasteiger partial charge in [-0.15, -0.1) is 0 Å². The molecule has 0 saturated heterocycles. The van der Waals surface area contributed by atoms with E-state index in [1.54, 1.807) is 0 Å². The van der Waals surface area contributed by atoms with E-state index >= 15 is 0 Å². The Hall–Kier alpha value is -3.27. The quantitative estimate of drug-likeness (QED) is 0.668. The highest BCUT2D eigenvalue weighted by Crippen LogP contribution is 2.37. The van der Waals surface area contributed by atoms with Gasteiger partial charge in [0.1, 0.15) is 0 Å². The fourth-order valence-corrected chi connectivity index (χ4v) is 4.11. The maximum Gasteiger partial charge on any atom is 0.196 e. The summed E-state index contributed by atoms with van der Waals surface area (Å²) in [5.41, 5.74) is 4.22. The molecule has 4 nitrogen and oxygen atoms in total. The molecule has 3 aromatic heterocycles. The van der Waals surface area contributed by atoms with Crippen LogP contribution >= 0.6 is 0 Å². The van der Waals surface area contributed by atoms with Gasteiger partial charge >= 0.3 is 0 Å². The fourth-order valence-electron chi connectivity index (χ4n) is 4.11. The van der Waals surface area contributed by atoms with E-state index in [0.717, 1.165) is 27.3 Å². The van der Waals surface area contributed by atoms with E-state index in [2.05, 4.69) is 0 Å². The van der Waals surface area contributed by atoms with Crippen molar-refractivity contribution in [3.63, 3.8) is 0 Å². The molecule has 0 amide bonds. The van der Waals surface area contributed by atoms with Crippen LogP contribution in [0.2, 0.25) is 0 Å². The second-order valence-electron chi connectivity index (χ2n) is 6.89. The van der Waals surface area contributed by atoms with E-state index in [4.69, 9.17) is 0 Å². The Morgan fingerprint density at radius 3 is 2.73 bits per heavy atom. The molecule has 4 heteroatoms. The molecule has 0 radical (unpaired) electrons. The monoisotopic (exact) mass is 341 g/mol. The van der Waals surface area contributed by atoms with Crippen LogP contribution in [0, 0.1) is 13.8 Å². The largest absolute Gasteiger partial charge is 0.871 e. The van der Waals surface area contributed by atoms with Crippen molar-refractivity contribution in [1.29, 1.82) is 0 Å². The minimum absolute atomic E-state index is 0.152. The van der Waals surface area contributed by atoms with Crippen LogP contribution in [-0.2, 0) is 11.3 Å². The number of aromatic nitrogens is 2. The van der Waals surface area contributed by atoms with Crippen molar-refractivity contribution in [1.82, 2.24) is 8.97 Å². The molecule has 1 aliphatic carbocycles. The Morgan fingerprint density at radius 2 is 1.92 bits per heavy atom. The number of carbonyl (C=O) groups is 1. The maximum atomic E-state index is 13.1. The highest BCUT2D eigenvalue weighted by molar-refractivity contribution is 6.51. The zero-order valence-corrected chi connectivity index (χ0v) is 14.6. The first-order valence-electron chi connectivity index (χ1n) is 8.68. The van der Waals surface area contributed by atoms with Gasteiger partial charge in [-0.25, -0.2) is 0 Å². The molecule has 0 bridgehead atoms. The molecular weight excluding hydrogens is 324 g/mol. The molecule has 128 valence electrons. The van der Waals surface area contributed by atoms with Crippen LogP contribution in [0.1, 0.15) is 16.8 Å². The van der Waals surface area contributed by atoms with Gasteiger partial charge in [-0.2, -0.15) is 0 Å². The predicted octanol–water partition coefficient (Wildman–Crippen LogP) is 1.21. The molecule has 26 heavy (non-hydrogen) atoms. The molecule has 0 spiro atoms. The van der Waals surface area contributed by atoms with Crippen LogP contribution in [0.5, 0.6) is 0 Å². The smallest absolute Gasteiger partial charge is 0.196 e. The average Bonchev–Trinajstić information content (AvgIpc) is 3.13. The van der Waals surface area contributed by atoms with Gasteiger partial charge in [-0.3, -0.25) is 4.79 Å². The molecule has 0 fully saturated rings. The number of hydrogen-bond donors (Lipinski definition) is 0. The Morgan fingerprint density at radius 1 is 1.08 bits per heavy atom. The summed E-state index contributed by atoms with van der Waals surface area (Å²) in [6.07, 6.45) is 7.93. The molecule has 0 saturated carbocycles. The third kappa shape index (κ3) is 1.81. The Bertz CT molecular complexity index is 1300. The highest BCUT2D eigenvalue weighted by atomic mass is 16.3. The number of Topliss-reactive ketones (excluding diaryl/α,β-unsaturated/α-hetero) is 1. The molecule has 0 unspecified atom stereocenters. The number of hydrogen-bond acceptors (Lipinski definition) is 2. The second kappa shape index (κ2) is 5.11. The molecule has 3 aromatic rings. The predicted molar refractivity (Wildman–Crippen MR) is 99.5 cm³/mol.